The SMILES string of the molecule is Cc1cccc(C)c1OCCC(=O)Nc1cccc(OCCn2cncn2)c1. The molecule has 28 heavy (non-hydrogen) atoms. The van der Waals surface area contributed by atoms with E-state index >= 15 is 0 Å². The van der Waals surface area contributed by atoms with Gasteiger partial charge in [-0.3, -0.25) is 4.79 Å². The molecule has 2 aromatic carbocycles. The standard InChI is InChI=1S/C21H24N4O3/c1-16-5-3-6-17(2)21(16)28-11-9-20(26)24-18-7-4-8-19(13-18)27-12-10-25-15-22-14-23-25/h3-8,13-15H,9-12H2,1-2H3,(H,24,26). The van der Waals surface area contributed by atoms with E-state index < -0.39 is 0 Å². The van der Waals surface area contributed by atoms with Gasteiger partial charge in [-0.2, -0.15) is 5.10 Å². The van der Waals surface area contributed by atoms with Crippen molar-refractivity contribution in [1.29, 1.82) is 0 Å². The molecule has 0 spiro atoms. The van der Waals surface area contributed by atoms with E-state index in [4.69, 9.17) is 9.47 Å². The zero-order valence-corrected chi connectivity index (χ0v) is 16.1. The third-order valence-electron chi connectivity index (χ3n) is 4.16. The van der Waals surface area contributed by atoms with Crippen molar-refractivity contribution in [2.75, 3.05) is 18.5 Å². The van der Waals surface area contributed by atoms with E-state index in [1.165, 1.54) is 6.33 Å². The summed E-state index contributed by atoms with van der Waals surface area (Å²) < 4.78 is 13.2. The van der Waals surface area contributed by atoms with Crippen LogP contribution >= 0.6 is 0 Å². The number of aryl methyl sites for hydroxylation is 2. The number of hydrogen-bond acceptors (Lipinski definition) is 5. The second-order valence-electron chi connectivity index (χ2n) is 6.40. The quantitative estimate of drug-likeness (QED) is 0.616. The Morgan fingerprint density at radius 1 is 1.07 bits per heavy atom. The van der Waals surface area contributed by atoms with E-state index in [1.807, 2.05) is 50.2 Å². The predicted molar refractivity (Wildman–Crippen MR) is 107 cm³/mol. The summed E-state index contributed by atoms with van der Waals surface area (Å²) in [5.74, 6) is 1.42. The topological polar surface area (TPSA) is 78.3 Å². The Morgan fingerprint density at radius 3 is 2.61 bits per heavy atom. The molecular weight excluding hydrogens is 356 g/mol. The van der Waals surface area contributed by atoms with Crippen molar-refractivity contribution < 1.29 is 14.3 Å². The zero-order chi connectivity index (χ0) is 19.8. The van der Waals surface area contributed by atoms with Gasteiger partial charge in [-0.05, 0) is 37.1 Å². The summed E-state index contributed by atoms with van der Waals surface area (Å²) in [4.78, 5) is 16.1. The summed E-state index contributed by atoms with van der Waals surface area (Å²) in [6.07, 6.45) is 3.39. The van der Waals surface area contributed by atoms with Crippen LogP contribution < -0.4 is 14.8 Å². The van der Waals surface area contributed by atoms with E-state index in [9.17, 15) is 4.79 Å². The minimum absolute atomic E-state index is 0.106. The fourth-order valence-electron chi connectivity index (χ4n) is 2.76. The highest BCUT2D eigenvalue weighted by molar-refractivity contribution is 5.90. The number of carbonyl (C=O) groups excluding carboxylic acids is 1. The van der Waals surface area contributed by atoms with Gasteiger partial charge in [-0.1, -0.05) is 24.3 Å². The molecule has 3 aromatic rings. The number of para-hydroxylation sites is 1. The largest absolute Gasteiger partial charge is 0.493 e. The molecule has 0 saturated heterocycles. The molecule has 7 nitrogen and oxygen atoms in total. The van der Waals surface area contributed by atoms with Gasteiger partial charge in [0.15, 0.2) is 0 Å². The highest BCUT2D eigenvalue weighted by atomic mass is 16.5. The van der Waals surface area contributed by atoms with Crippen molar-refractivity contribution in [3.05, 3.63) is 66.2 Å². The van der Waals surface area contributed by atoms with E-state index in [1.54, 1.807) is 17.1 Å². The van der Waals surface area contributed by atoms with Crippen molar-refractivity contribution in [2.24, 2.45) is 0 Å². The number of ether oxygens (including phenoxy) is 2. The molecule has 0 aliphatic heterocycles. The fraction of sp³-hybridized carbons (Fsp3) is 0.286. The lowest BCUT2D eigenvalue weighted by Crippen LogP contribution is -2.15. The van der Waals surface area contributed by atoms with Crippen LogP contribution in [0.2, 0.25) is 0 Å². The Kier molecular flexibility index (Phi) is 6.62. The smallest absolute Gasteiger partial charge is 0.227 e. The third kappa shape index (κ3) is 5.57. The maximum Gasteiger partial charge on any atom is 0.227 e. The average molecular weight is 380 g/mol. The zero-order valence-electron chi connectivity index (χ0n) is 16.1. The highest BCUT2D eigenvalue weighted by Crippen LogP contribution is 2.22. The number of hydrogen-bond donors (Lipinski definition) is 1. The minimum Gasteiger partial charge on any atom is -0.493 e. The van der Waals surface area contributed by atoms with Crippen LogP contribution in [0.5, 0.6) is 11.5 Å². The van der Waals surface area contributed by atoms with Crippen LogP contribution in [0.25, 0.3) is 0 Å². The highest BCUT2D eigenvalue weighted by Gasteiger charge is 2.07. The second kappa shape index (κ2) is 9.55. The number of rotatable bonds is 9. The molecule has 0 unspecified atom stereocenters. The lowest BCUT2D eigenvalue weighted by molar-refractivity contribution is -0.116. The third-order valence-corrected chi connectivity index (χ3v) is 4.16. The van der Waals surface area contributed by atoms with E-state index in [0.29, 0.717) is 31.2 Å². The maximum absolute atomic E-state index is 12.2. The molecule has 1 aromatic heterocycles. The van der Waals surface area contributed by atoms with Gasteiger partial charge in [0.05, 0.1) is 19.6 Å². The van der Waals surface area contributed by atoms with Gasteiger partial charge in [0.25, 0.3) is 0 Å². The van der Waals surface area contributed by atoms with Crippen LogP contribution in [-0.4, -0.2) is 33.9 Å². The average Bonchev–Trinajstić information content (AvgIpc) is 3.18. The Morgan fingerprint density at radius 2 is 1.86 bits per heavy atom. The van der Waals surface area contributed by atoms with Crippen LogP contribution in [0.1, 0.15) is 17.5 Å². The van der Waals surface area contributed by atoms with Gasteiger partial charge in [-0.25, -0.2) is 9.67 Å². The maximum atomic E-state index is 12.2. The first kappa shape index (κ1) is 19.4. The first-order chi connectivity index (χ1) is 13.6. The molecule has 0 saturated carbocycles. The Labute approximate surface area is 164 Å². The normalized spacial score (nSPS) is 10.5. The summed E-state index contributed by atoms with van der Waals surface area (Å²) in [6, 6.07) is 13.3. The molecular formula is C21H24N4O3. The van der Waals surface area contributed by atoms with Crippen LogP contribution in [0, 0.1) is 13.8 Å². The lowest BCUT2D eigenvalue weighted by Gasteiger charge is -2.12. The van der Waals surface area contributed by atoms with Crippen LogP contribution in [-0.2, 0) is 11.3 Å². The van der Waals surface area contributed by atoms with Crippen molar-refractivity contribution in [1.82, 2.24) is 14.8 Å². The Bertz CT molecular complexity index is 890. The van der Waals surface area contributed by atoms with Crippen LogP contribution in [0.15, 0.2) is 55.1 Å². The van der Waals surface area contributed by atoms with Gasteiger partial charge >= 0.3 is 0 Å². The number of carbonyl (C=O) groups is 1. The monoisotopic (exact) mass is 380 g/mol. The summed E-state index contributed by atoms with van der Waals surface area (Å²) in [5, 5.41) is 6.90. The molecule has 3 rings (SSSR count). The Balaban J connectivity index is 1.44. The van der Waals surface area contributed by atoms with Gasteiger partial charge in [0.2, 0.25) is 5.91 Å². The Hall–Kier alpha value is -3.35. The summed E-state index contributed by atoms with van der Waals surface area (Å²) in [5.41, 5.74) is 2.82. The number of amides is 1. The molecule has 0 bridgehead atoms. The molecule has 0 aliphatic rings. The lowest BCUT2D eigenvalue weighted by atomic mass is 10.1. The summed E-state index contributed by atoms with van der Waals surface area (Å²) in [7, 11) is 0. The van der Waals surface area contributed by atoms with Crippen molar-refractivity contribution in [3.63, 3.8) is 0 Å². The number of benzene rings is 2. The van der Waals surface area contributed by atoms with Gasteiger partial charge in [0, 0.05) is 11.8 Å². The molecule has 146 valence electrons. The van der Waals surface area contributed by atoms with Gasteiger partial charge in [-0.15, -0.1) is 0 Å². The van der Waals surface area contributed by atoms with Gasteiger partial charge < -0.3 is 14.8 Å². The molecule has 7 heteroatoms. The fourth-order valence-corrected chi connectivity index (χ4v) is 2.76. The minimum atomic E-state index is -0.106. The summed E-state index contributed by atoms with van der Waals surface area (Å²) in [6.45, 7) is 5.38. The van der Waals surface area contributed by atoms with Crippen LogP contribution in [0.4, 0.5) is 5.69 Å². The number of anilines is 1. The second-order valence-corrected chi connectivity index (χ2v) is 6.40. The van der Waals surface area contributed by atoms with E-state index in [2.05, 4.69) is 15.4 Å². The van der Waals surface area contributed by atoms with Crippen LogP contribution in [0.3, 0.4) is 0 Å². The van der Waals surface area contributed by atoms with Crippen molar-refractivity contribution >= 4 is 11.6 Å². The molecule has 0 atom stereocenters. The number of aromatic nitrogens is 3. The molecule has 1 amide bonds. The first-order valence-electron chi connectivity index (χ1n) is 9.16. The molecule has 1 N–H and O–H groups in total. The van der Waals surface area contributed by atoms with Crippen molar-refractivity contribution in [3.8, 4) is 11.5 Å². The molecule has 1 heterocycles. The van der Waals surface area contributed by atoms with E-state index in [-0.39, 0.29) is 12.3 Å². The first-order valence-corrected chi connectivity index (χ1v) is 9.16. The summed E-state index contributed by atoms with van der Waals surface area (Å²) >= 11 is 0. The van der Waals surface area contributed by atoms with E-state index in [0.717, 1.165) is 16.9 Å². The molecule has 0 aliphatic carbocycles. The predicted octanol–water partition coefficient (Wildman–Crippen LogP) is 3.38. The van der Waals surface area contributed by atoms with Gasteiger partial charge in [0.1, 0.15) is 30.8 Å². The molecule has 0 fully saturated rings. The number of nitrogens with zero attached hydrogens (tertiary/aromatic N) is 3. The molecule has 0 radical (unpaired) electrons. The van der Waals surface area contributed by atoms with Crippen molar-refractivity contribution in [2.45, 2.75) is 26.8 Å². The number of nitrogens with one attached hydrogen (secondary N) is 1.